The van der Waals surface area contributed by atoms with Gasteiger partial charge in [-0.1, -0.05) is 24.6 Å². The van der Waals surface area contributed by atoms with Gasteiger partial charge in [0, 0.05) is 12.6 Å². The molecule has 0 amide bonds. The number of piperidine rings is 1. The maximum atomic E-state index is 5.59. The lowest BCUT2D eigenvalue weighted by Crippen LogP contribution is -2.34. The van der Waals surface area contributed by atoms with Crippen molar-refractivity contribution in [2.45, 2.75) is 31.7 Å². The Labute approximate surface area is 109 Å². The molecule has 0 unspecified atom stereocenters. The Kier molecular flexibility index (Phi) is 6.03. The minimum Gasteiger partial charge on any atom is -0.491 e. The lowest BCUT2D eigenvalue weighted by Gasteiger charge is -2.23. The molecule has 18 heavy (non-hydrogen) atoms. The van der Waals surface area contributed by atoms with Gasteiger partial charge in [-0.25, -0.2) is 0 Å². The standard InChI is InChI=1S/C15H23NO2/c1-2-7-15(8-3-1)18-13-12-17-11-9-14-6-4-5-10-16-14/h1-3,7-8,14,16H,4-6,9-13H2/t14-/m1/s1. The smallest absolute Gasteiger partial charge is 0.119 e. The third kappa shape index (κ3) is 5.07. The number of benzene rings is 1. The molecule has 0 bridgehead atoms. The maximum absolute atomic E-state index is 5.59. The summed E-state index contributed by atoms with van der Waals surface area (Å²) in [6.45, 7) is 3.29. The second-order valence-electron chi connectivity index (χ2n) is 4.71. The van der Waals surface area contributed by atoms with E-state index in [1.54, 1.807) is 0 Å². The van der Waals surface area contributed by atoms with Gasteiger partial charge in [-0.2, -0.15) is 0 Å². The zero-order chi connectivity index (χ0) is 12.5. The van der Waals surface area contributed by atoms with Gasteiger partial charge in [0.15, 0.2) is 0 Å². The van der Waals surface area contributed by atoms with Crippen molar-refractivity contribution in [1.29, 1.82) is 0 Å². The molecule has 0 spiro atoms. The minimum absolute atomic E-state index is 0.627. The predicted molar refractivity (Wildman–Crippen MR) is 73.0 cm³/mol. The average Bonchev–Trinajstić information content (AvgIpc) is 2.45. The van der Waals surface area contributed by atoms with E-state index in [0.717, 1.165) is 18.8 Å². The summed E-state index contributed by atoms with van der Waals surface area (Å²) in [6, 6.07) is 10.5. The van der Waals surface area contributed by atoms with Crippen molar-refractivity contribution in [3.63, 3.8) is 0 Å². The molecule has 1 N–H and O–H groups in total. The maximum Gasteiger partial charge on any atom is 0.119 e. The Balaban J connectivity index is 1.46. The quantitative estimate of drug-likeness (QED) is 0.754. The van der Waals surface area contributed by atoms with Crippen LogP contribution >= 0.6 is 0 Å². The van der Waals surface area contributed by atoms with E-state index in [1.165, 1.54) is 25.8 Å². The molecule has 1 fully saturated rings. The minimum atomic E-state index is 0.627. The van der Waals surface area contributed by atoms with Crippen molar-refractivity contribution in [1.82, 2.24) is 5.32 Å². The van der Waals surface area contributed by atoms with Gasteiger partial charge in [0.25, 0.3) is 0 Å². The molecule has 1 aromatic carbocycles. The molecule has 1 aliphatic heterocycles. The van der Waals surface area contributed by atoms with Crippen LogP contribution in [0.1, 0.15) is 25.7 Å². The van der Waals surface area contributed by atoms with Gasteiger partial charge in [0.2, 0.25) is 0 Å². The first-order valence-corrected chi connectivity index (χ1v) is 6.94. The average molecular weight is 249 g/mol. The second-order valence-corrected chi connectivity index (χ2v) is 4.71. The lowest BCUT2D eigenvalue weighted by atomic mass is 10.0. The van der Waals surface area contributed by atoms with Crippen molar-refractivity contribution in [3.05, 3.63) is 30.3 Å². The second kappa shape index (κ2) is 8.11. The summed E-state index contributed by atoms with van der Waals surface area (Å²) in [5.74, 6) is 0.912. The van der Waals surface area contributed by atoms with Gasteiger partial charge < -0.3 is 14.8 Å². The molecule has 0 radical (unpaired) electrons. The highest BCUT2D eigenvalue weighted by Crippen LogP contribution is 2.10. The number of hydrogen-bond acceptors (Lipinski definition) is 3. The zero-order valence-corrected chi connectivity index (χ0v) is 10.9. The van der Waals surface area contributed by atoms with Crippen molar-refractivity contribution in [3.8, 4) is 5.75 Å². The van der Waals surface area contributed by atoms with E-state index in [4.69, 9.17) is 9.47 Å². The zero-order valence-electron chi connectivity index (χ0n) is 10.9. The number of ether oxygens (including phenoxy) is 2. The van der Waals surface area contributed by atoms with Crippen molar-refractivity contribution < 1.29 is 9.47 Å². The van der Waals surface area contributed by atoms with E-state index in [0.29, 0.717) is 19.3 Å². The molecular formula is C15H23NO2. The third-order valence-electron chi connectivity index (χ3n) is 3.26. The molecular weight excluding hydrogens is 226 g/mol. The summed E-state index contributed by atoms with van der Waals surface area (Å²) in [7, 11) is 0. The van der Waals surface area contributed by atoms with E-state index in [-0.39, 0.29) is 0 Å². The molecule has 1 aliphatic rings. The van der Waals surface area contributed by atoms with Crippen molar-refractivity contribution in [2.24, 2.45) is 0 Å². The molecule has 3 nitrogen and oxygen atoms in total. The van der Waals surface area contributed by atoms with E-state index in [1.807, 2.05) is 30.3 Å². The van der Waals surface area contributed by atoms with Gasteiger partial charge in [-0.05, 0) is 37.9 Å². The molecule has 0 aliphatic carbocycles. The highest BCUT2D eigenvalue weighted by Gasteiger charge is 2.11. The van der Waals surface area contributed by atoms with Gasteiger partial charge in [0.1, 0.15) is 12.4 Å². The summed E-state index contributed by atoms with van der Waals surface area (Å²) in [6.07, 6.45) is 5.09. The van der Waals surface area contributed by atoms with E-state index >= 15 is 0 Å². The molecule has 1 heterocycles. The highest BCUT2D eigenvalue weighted by atomic mass is 16.5. The summed E-state index contributed by atoms with van der Waals surface area (Å²) in [4.78, 5) is 0. The molecule has 100 valence electrons. The third-order valence-corrected chi connectivity index (χ3v) is 3.26. The van der Waals surface area contributed by atoms with E-state index in [2.05, 4.69) is 5.32 Å². The summed E-state index contributed by atoms with van der Waals surface area (Å²) in [5.41, 5.74) is 0. The van der Waals surface area contributed by atoms with Crippen LogP contribution in [0.2, 0.25) is 0 Å². The summed E-state index contributed by atoms with van der Waals surface area (Å²) in [5, 5.41) is 3.52. The van der Waals surface area contributed by atoms with Crippen LogP contribution in [0.4, 0.5) is 0 Å². The van der Waals surface area contributed by atoms with Gasteiger partial charge in [0.05, 0.1) is 6.61 Å². The van der Waals surface area contributed by atoms with Gasteiger partial charge in [-0.15, -0.1) is 0 Å². The van der Waals surface area contributed by atoms with Crippen molar-refractivity contribution in [2.75, 3.05) is 26.4 Å². The summed E-state index contributed by atoms with van der Waals surface area (Å²) >= 11 is 0. The first kappa shape index (κ1) is 13.4. The number of hydrogen-bond donors (Lipinski definition) is 1. The van der Waals surface area contributed by atoms with E-state index < -0.39 is 0 Å². The number of nitrogens with one attached hydrogen (secondary N) is 1. The normalized spacial score (nSPS) is 19.7. The molecule has 0 aromatic heterocycles. The molecule has 3 heteroatoms. The van der Waals surface area contributed by atoms with Gasteiger partial charge in [-0.3, -0.25) is 0 Å². The molecule has 1 aromatic rings. The highest BCUT2D eigenvalue weighted by molar-refractivity contribution is 5.20. The van der Waals surface area contributed by atoms with Crippen LogP contribution in [0.15, 0.2) is 30.3 Å². The van der Waals surface area contributed by atoms with Crippen LogP contribution in [0.3, 0.4) is 0 Å². The first-order chi connectivity index (χ1) is 8.95. The van der Waals surface area contributed by atoms with Crippen LogP contribution in [-0.2, 0) is 4.74 Å². The molecule has 1 atom stereocenters. The molecule has 1 saturated heterocycles. The Morgan fingerprint density at radius 3 is 2.72 bits per heavy atom. The molecule has 2 rings (SSSR count). The fourth-order valence-electron chi connectivity index (χ4n) is 2.23. The fourth-order valence-corrected chi connectivity index (χ4v) is 2.23. The lowest BCUT2D eigenvalue weighted by molar-refractivity contribution is 0.0911. The molecule has 0 saturated carbocycles. The fraction of sp³-hybridized carbons (Fsp3) is 0.600. The Bertz CT molecular complexity index is 310. The number of rotatable bonds is 7. The van der Waals surface area contributed by atoms with Gasteiger partial charge >= 0.3 is 0 Å². The Morgan fingerprint density at radius 1 is 1.06 bits per heavy atom. The van der Waals surface area contributed by atoms with Crippen LogP contribution in [0.25, 0.3) is 0 Å². The van der Waals surface area contributed by atoms with Crippen LogP contribution in [0, 0.1) is 0 Å². The number of para-hydroxylation sites is 1. The van der Waals surface area contributed by atoms with Crippen LogP contribution in [0.5, 0.6) is 5.75 Å². The Morgan fingerprint density at radius 2 is 1.94 bits per heavy atom. The first-order valence-electron chi connectivity index (χ1n) is 6.94. The largest absolute Gasteiger partial charge is 0.491 e. The van der Waals surface area contributed by atoms with Crippen molar-refractivity contribution >= 4 is 0 Å². The van der Waals surface area contributed by atoms with Crippen LogP contribution in [-0.4, -0.2) is 32.4 Å². The Hall–Kier alpha value is -1.06. The monoisotopic (exact) mass is 249 g/mol. The van der Waals surface area contributed by atoms with Crippen LogP contribution < -0.4 is 10.1 Å². The topological polar surface area (TPSA) is 30.5 Å². The summed E-state index contributed by atoms with van der Waals surface area (Å²) < 4.78 is 11.2. The predicted octanol–water partition coefficient (Wildman–Crippen LogP) is 2.61. The SMILES string of the molecule is c1ccc(OCCOCC[C@H]2CCCCN2)cc1. The van der Waals surface area contributed by atoms with E-state index in [9.17, 15) is 0 Å².